The number of H-pyrrole nitrogens is 1. The van der Waals surface area contributed by atoms with Crippen molar-refractivity contribution in [3.05, 3.63) is 33.1 Å². The Morgan fingerprint density at radius 3 is 3.29 bits per heavy atom. The Kier molecular flexibility index (Phi) is 4.60. The predicted molar refractivity (Wildman–Crippen MR) is 54.2 cm³/mol. The molecule has 0 saturated heterocycles. The van der Waals surface area contributed by atoms with Gasteiger partial charge in [0.25, 0.3) is 5.56 Å². The quantitative estimate of drug-likeness (QED) is 0.200. The van der Waals surface area contributed by atoms with Crippen LogP contribution in [0.25, 0.3) is 10.4 Å². The van der Waals surface area contributed by atoms with E-state index >= 15 is 0 Å². The van der Waals surface area contributed by atoms with Crippen molar-refractivity contribution in [1.82, 2.24) is 9.97 Å². The van der Waals surface area contributed by atoms with Gasteiger partial charge in [0, 0.05) is 29.5 Å². The van der Waals surface area contributed by atoms with Crippen molar-refractivity contribution in [3.8, 4) is 0 Å². The number of hydrogen-bond acceptors (Lipinski definition) is 4. The van der Waals surface area contributed by atoms with Gasteiger partial charge >= 0.3 is 0 Å². The molecule has 0 aliphatic carbocycles. The number of hydrogen-bond donors (Lipinski definition) is 1. The normalized spacial score (nSPS) is 9.43. The molecule has 1 aromatic rings. The highest BCUT2D eigenvalue weighted by molar-refractivity contribution is 7.99. The summed E-state index contributed by atoms with van der Waals surface area (Å²) < 4.78 is 0. The van der Waals surface area contributed by atoms with E-state index in [1.54, 1.807) is 0 Å². The first-order valence-electron chi connectivity index (χ1n) is 4.02. The van der Waals surface area contributed by atoms with Crippen LogP contribution in [0.4, 0.5) is 0 Å². The molecule has 0 aliphatic rings. The maximum Gasteiger partial charge on any atom is 0.251 e. The van der Waals surface area contributed by atoms with Crippen LogP contribution in [0.15, 0.2) is 27.3 Å². The lowest BCUT2D eigenvalue weighted by atomic mass is 10.5. The molecule has 0 aliphatic heterocycles. The van der Waals surface area contributed by atoms with Crippen LogP contribution < -0.4 is 5.56 Å². The Morgan fingerprint density at radius 1 is 1.71 bits per heavy atom. The second-order valence-corrected chi connectivity index (χ2v) is 3.48. The molecule has 0 unspecified atom stereocenters. The highest BCUT2D eigenvalue weighted by Gasteiger charge is 1.94. The summed E-state index contributed by atoms with van der Waals surface area (Å²) in [7, 11) is 0. The third-order valence-electron chi connectivity index (χ3n) is 1.35. The molecule has 1 rings (SSSR count). The number of thioether (sulfide) groups is 1. The lowest BCUT2D eigenvalue weighted by Crippen LogP contribution is -2.05. The zero-order chi connectivity index (χ0) is 10.2. The molecule has 0 bridgehead atoms. The van der Waals surface area contributed by atoms with Crippen LogP contribution in [0.1, 0.15) is 6.42 Å². The van der Waals surface area contributed by atoms with Crippen molar-refractivity contribution in [2.45, 2.75) is 11.6 Å². The molecule has 7 heteroatoms. The average Bonchev–Trinajstić information content (AvgIpc) is 2.18. The van der Waals surface area contributed by atoms with Gasteiger partial charge in [0.1, 0.15) is 0 Å². The van der Waals surface area contributed by atoms with E-state index < -0.39 is 0 Å². The molecule has 0 fully saturated rings. The van der Waals surface area contributed by atoms with E-state index in [1.165, 1.54) is 24.0 Å². The van der Waals surface area contributed by atoms with Gasteiger partial charge in [-0.15, -0.1) is 0 Å². The fraction of sp³-hybridized carbons (Fsp3) is 0.429. The molecule has 6 nitrogen and oxygen atoms in total. The van der Waals surface area contributed by atoms with Crippen molar-refractivity contribution >= 4 is 11.8 Å². The molecule has 0 atom stereocenters. The maximum atomic E-state index is 10.8. The third-order valence-corrected chi connectivity index (χ3v) is 2.33. The molecule has 14 heavy (non-hydrogen) atoms. The lowest BCUT2D eigenvalue weighted by molar-refractivity contribution is 0.909. The number of nitrogens with zero attached hydrogens (tertiary/aromatic N) is 4. The summed E-state index contributed by atoms with van der Waals surface area (Å²) in [4.78, 5) is 20.0. The summed E-state index contributed by atoms with van der Waals surface area (Å²) >= 11 is 1.44. The van der Waals surface area contributed by atoms with Gasteiger partial charge in [0.2, 0.25) is 0 Å². The largest absolute Gasteiger partial charge is 0.301 e. The Labute approximate surface area is 84.4 Å². The first-order valence-corrected chi connectivity index (χ1v) is 5.00. The molecule has 1 aromatic heterocycles. The predicted octanol–water partition coefficient (Wildman–Crippen LogP) is 1.56. The molecular weight excluding hydrogens is 202 g/mol. The average molecular weight is 211 g/mol. The molecular formula is C7H9N5OS. The van der Waals surface area contributed by atoms with Gasteiger partial charge in [-0.1, -0.05) is 16.9 Å². The summed E-state index contributed by atoms with van der Waals surface area (Å²) in [5.74, 6) is 0.770. The van der Waals surface area contributed by atoms with Crippen LogP contribution >= 0.6 is 11.8 Å². The van der Waals surface area contributed by atoms with Crippen molar-refractivity contribution in [3.63, 3.8) is 0 Å². The number of rotatable bonds is 5. The molecule has 0 radical (unpaired) electrons. The van der Waals surface area contributed by atoms with Gasteiger partial charge in [-0.25, -0.2) is 4.98 Å². The number of aromatic nitrogens is 2. The fourth-order valence-electron chi connectivity index (χ4n) is 0.774. The van der Waals surface area contributed by atoms with Gasteiger partial charge in [0.15, 0.2) is 5.16 Å². The third kappa shape index (κ3) is 3.97. The minimum Gasteiger partial charge on any atom is -0.301 e. The van der Waals surface area contributed by atoms with Gasteiger partial charge in [-0.05, 0) is 12.0 Å². The van der Waals surface area contributed by atoms with Crippen LogP contribution in [-0.2, 0) is 0 Å². The van der Waals surface area contributed by atoms with E-state index in [1.807, 2.05) is 0 Å². The summed E-state index contributed by atoms with van der Waals surface area (Å²) in [6.45, 7) is 0.473. The molecule has 0 spiro atoms. The van der Waals surface area contributed by atoms with Crippen molar-refractivity contribution in [2.24, 2.45) is 5.11 Å². The first kappa shape index (κ1) is 10.6. The van der Waals surface area contributed by atoms with Gasteiger partial charge in [-0.2, -0.15) is 0 Å². The maximum absolute atomic E-state index is 10.8. The van der Waals surface area contributed by atoms with Crippen molar-refractivity contribution in [2.75, 3.05) is 12.3 Å². The van der Waals surface area contributed by atoms with E-state index in [0.29, 0.717) is 11.7 Å². The fourth-order valence-corrected chi connectivity index (χ4v) is 1.55. The van der Waals surface area contributed by atoms with E-state index in [4.69, 9.17) is 5.53 Å². The van der Waals surface area contributed by atoms with Crippen LogP contribution in [-0.4, -0.2) is 22.3 Å². The van der Waals surface area contributed by atoms with Crippen molar-refractivity contribution < 1.29 is 0 Å². The van der Waals surface area contributed by atoms with E-state index in [0.717, 1.165) is 12.2 Å². The van der Waals surface area contributed by atoms with E-state index in [-0.39, 0.29) is 5.56 Å². The molecule has 0 saturated carbocycles. The van der Waals surface area contributed by atoms with Gasteiger partial charge in [-0.3, -0.25) is 4.79 Å². The number of azide groups is 1. The highest BCUT2D eigenvalue weighted by atomic mass is 32.2. The minimum absolute atomic E-state index is 0.155. The molecule has 74 valence electrons. The SMILES string of the molecule is [N-]=[N+]=NCCCSc1nccc(=O)[nH]1. The second-order valence-electron chi connectivity index (χ2n) is 2.40. The topological polar surface area (TPSA) is 94.5 Å². The summed E-state index contributed by atoms with van der Waals surface area (Å²) in [5, 5.41) is 3.99. The molecule has 0 amide bonds. The Hall–Kier alpha value is -1.46. The highest BCUT2D eigenvalue weighted by Crippen LogP contribution is 2.10. The molecule has 1 heterocycles. The lowest BCUT2D eigenvalue weighted by Gasteiger charge is -1.97. The summed E-state index contributed by atoms with van der Waals surface area (Å²) in [6, 6.07) is 1.37. The van der Waals surface area contributed by atoms with Crippen LogP contribution in [0.3, 0.4) is 0 Å². The van der Waals surface area contributed by atoms with Crippen LogP contribution in [0, 0.1) is 0 Å². The van der Waals surface area contributed by atoms with Gasteiger partial charge < -0.3 is 4.98 Å². The number of aromatic amines is 1. The summed E-state index contributed by atoms with van der Waals surface area (Å²) in [6.07, 6.45) is 2.24. The summed E-state index contributed by atoms with van der Waals surface area (Å²) in [5.41, 5.74) is 7.86. The monoisotopic (exact) mass is 211 g/mol. The molecule has 1 N–H and O–H groups in total. The van der Waals surface area contributed by atoms with Crippen LogP contribution in [0.2, 0.25) is 0 Å². The molecule has 0 aromatic carbocycles. The van der Waals surface area contributed by atoms with E-state index in [2.05, 4.69) is 20.0 Å². The van der Waals surface area contributed by atoms with Gasteiger partial charge in [0.05, 0.1) is 0 Å². The number of nitrogens with one attached hydrogen (secondary N) is 1. The Bertz CT molecular complexity index is 384. The zero-order valence-electron chi connectivity index (χ0n) is 7.38. The Balaban J connectivity index is 2.31. The van der Waals surface area contributed by atoms with Crippen molar-refractivity contribution in [1.29, 1.82) is 0 Å². The van der Waals surface area contributed by atoms with Crippen LogP contribution in [0.5, 0.6) is 0 Å². The standard InChI is InChI=1S/C7H9N5OS/c8-12-10-3-1-5-14-7-9-4-2-6(13)11-7/h2,4H,1,3,5H2,(H,9,11,13). The Morgan fingerprint density at radius 2 is 2.57 bits per heavy atom. The zero-order valence-corrected chi connectivity index (χ0v) is 8.20. The second kappa shape index (κ2) is 6.06. The van der Waals surface area contributed by atoms with E-state index in [9.17, 15) is 4.79 Å². The first-order chi connectivity index (χ1) is 6.83. The smallest absolute Gasteiger partial charge is 0.251 e. The minimum atomic E-state index is -0.155.